The van der Waals surface area contributed by atoms with Crippen molar-refractivity contribution in [2.45, 2.75) is 17.2 Å². The number of rotatable bonds is 3. The molecule has 0 aliphatic carbocycles. The largest absolute Gasteiger partial charge is 0.240 e. The molecule has 1 unspecified atom stereocenters. The maximum absolute atomic E-state index is 5.74. The van der Waals surface area contributed by atoms with Crippen LogP contribution in [-0.4, -0.2) is 26.1 Å². The van der Waals surface area contributed by atoms with E-state index in [-0.39, 0.29) is 0 Å². The average Bonchev–Trinajstić information content (AvgIpc) is 2.66. The molecular formula is C8H8ClN3S2. The molecular weight excluding hydrogens is 238 g/mol. The van der Waals surface area contributed by atoms with Crippen molar-refractivity contribution in [3.05, 3.63) is 11.8 Å². The number of thiazole rings is 1. The Hall–Kier alpha value is -0.390. The highest BCUT2D eigenvalue weighted by molar-refractivity contribution is 8.00. The average molecular weight is 246 g/mol. The number of hydrogen-bond acceptors (Lipinski definition) is 5. The molecule has 0 saturated heterocycles. The second-order valence-corrected chi connectivity index (χ2v) is 5.34. The van der Waals surface area contributed by atoms with E-state index in [1.54, 1.807) is 23.6 Å². The molecule has 74 valence electrons. The lowest BCUT2D eigenvalue weighted by Gasteiger charge is -2.05. The molecule has 0 bridgehead atoms. The fourth-order valence-electron chi connectivity index (χ4n) is 0.981. The summed E-state index contributed by atoms with van der Waals surface area (Å²) in [7, 11) is 0. The van der Waals surface area contributed by atoms with Crippen LogP contribution in [0.4, 0.5) is 0 Å². The predicted octanol–water partition coefficient (Wildman–Crippen LogP) is 2.81. The second kappa shape index (κ2) is 4.42. The third-order valence-electron chi connectivity index (χ3n) is 1.63. The van der Waals surface area contributed by atoms with Crippen LogP contribution in [0.5, 0.6) is 0 Å². The van der Waals surface area contributed by atoms with Gasteiger partial charge in [-0.1, -0.05) is 18.7 Å². The quantitative estimate of drug-likeness (QED) is 0.474. The minimum atomic E-state index is 0.344. The van der Waals surface area contributed by atoms with Crippen molar-refractivity contribution in [2.75, 3.05) is 5.88 Å². The number of nitrogens with zero attached hydrogens (tertiary/aromatic N) is 3. The first-order chi connectivity index (χ1) is 6.81. The van der Waals surface area contributed by atoms with Crippen molar-refractivity contribution in [3.8, 4) is 0 Å². The Balaban J connectivity index is 2.36. The van der Waals surface area contributed by atoms with Gasteiger partial charge in [0.1, 0.15) is 21.7 Å². The molecule has 0 spiro atoms. The number of thioether (sulfide) groups is 1. The first-order valence-corrected chi connectivity index (χ1v) is 6.37. The lowest BCUT2D eigenvalue weighted by atomic mass is 10.6. The zero-order valence-corrected chi connectivity index (χ0v) is 9.86. The van der Waals surface area contributed by atoms with Gasteiger partial charge in [-0.2, -0.15) is 0 Å². The fourth-order valence-corrected chi connectivity index (χ4v) is 2.68. The van der Waals surface area contributed by atoms with Gasteiger partial charge in [-0.15, -0.1) is 22.9 Å². The molecule has 0 saturated carbocycles. The predicted molar refractivity (Wildman–Crippen MR) is 61.2 cm³/mol. The molecule has 2 rings (SSSR count). The van der Waals surface area contributed by atoms with Crippen molar-refractivity contribution < 1.29 is 0 Å². The summed E-state index contributed by atoms with van der Waals surface area (Å²) in [5, 5.41) is 1.26. The zero-order chi connectivity index (χ0) is 9.97. The van der Waals surface area contributed by atoms with Crippen molar-refractivity contribution in [1.29, 1.82) is 0 Å². The van der Waals surface area contributed by atoms with Crippen molar-refractivity contribution in [3.63, 3.8) is 0 Å². The van der Waals surface area contributed by atoms with Gasteiger partial charge >= 0.3 is 0 Å². The summed E-state index contributed by atoms with van der Waals surface area (Å²) in [6.45, 7) is 2.07. The minimum absolute atomic E-state index is 0.344. The van der Waals surface area contributed by atoms with E-state index in [2.05, 4.69) is 21.9 Å². The molecule has 0 radical (unpaired) electrons. The number of hydrogen-bond donors (Lipinski definition) is 0. The van der Waals surface area contributed by atoms with E-state index in [1.807, 2.05) is 0 Å². The van der Waals surface area contributed by atoms with Crippen molar-refractivity contribution >= 4 is 45.0 Å². The molecule has 0 amide bonds. The van der Waals surface area contributed by atoms with Crippen LogP contribution in [0.1, 0.15) is 6.92 Å². The standard InChI is InChI=1S/C8H8ClN3S2/c1-5(2-9)14-8-6-7(10-3-11-8)13-4-12-6/h3-5H,2H2,1H3. The highest BCUT2D eigenvalue weighted by atomic mass is 35.5. The molecule has 0 aliphatic rings. The van der Waals surface area contributed by atoms with Crippen LogP contribution in [0.3, 0.4) is 0 Å². The zero-order valence-electron chi connectivity index (χ0n) is 7.48. The van der Waals surface area contributed by atoms with Crippen LogP contribution in [0.15, 0.2) is 16.9 Å². The Bertz CT molecular complexity index is 431. The fraction of sp³-hybridized carbons (Fsp3) is 0.375. The van der Waals surface area contributed by atoms with Gasteiger partial charge in [0, 0.05) is 11.1 Å². The summed E-state index contributed by atoms with van der Waals surface area (Å²) in [6, 6.07) is 0. The molecule has 2 heterocycles. The van der Waals surface area contributed by atoms with Crippen molar-refractivity contribution in [2.24, 2.45) is 0 Å². The van der Waals surface area contributed by atoms with E-state index in [0.717, 1.165) is 15.4 Å². The first kappa shape index (κ1) is 10.1. The highest BCUT2D eigenvalue weighted by Crippen LogP contribution is 2.28. The van der Waals surface area contributed by atoms with Crippen LogP contribution in [0.25, 0.3) is 10.3 Å². The Morgan fingerprint density at radius 2 is 2.36 bits per heavy atom. The van der Waals surface area contributed by atoms with E-state index < -0.39 is 0 Å². The summed E-state index contributed by atoms with van der Waals surface area (Å²) in [4.78, 5) is 13.5. The van der Waals surface area contributed by atoms with Gasteiger partial charge in [-0.3, -0.25) is 0 Å². The topological polar surface area (TPSA) is 38.7 Å². The van der Waals surface area contributed by atoms with E-state index in [0.29, 0.717) is 11.1 Å². The Labute approximate surface area is 94.9 Å². The summed E-state index contributed by atoms with van der Waals surface area (Å²) < 4.78 is 0. The van der Waals surface area contributed by atoms with Gasteiger partial charge in [0.15, 0.2) is 0 Å². The molecule has 0 fully saturated rings. The van der Waals surface area contributed by atoms with E-state index in [4.69, 9.17) is 11.6 Å². The lowest BCUT2D eigenvalue weighted by Crippen LogP contribution is -1.98. The summed E-state index contributed by atoms with van der Waals surface area (Å²) >= 11 is 8.91. The van der Waals surface area contributed by atoms with Crippen LogP contribution >= 0.6 is 34.7 Å². The molecule has 2 aromatic rings. The number of aromatic nitrogens is 3. The van der Waals surface area contributed by atoms with Gasteiger partial charge in [-0.25, -0.2) is 15.0 Å². The van der Waals surface area contributed by atoms with Gasteiger partial charge in [-0.05, 0) is 0 Å². The summed E-state index contributed by atoms with van der Waals surface area (Å²) in [5.74, 6) is 0.611. The van der Waals surface area contributed by atoms with Crippen LogP contribution in [0, 0.1) is 0 Å². The van der Waals surface area contributed by atoms with Crippen LogP contribution < -0.4 is 0 Å². The summed E-state index contributed by atoms with van der Waals surface area (Å²) in [5.41, 5.74) is 2.67. The number of fused-ring (bicyclic) bond motifs is 1. The lowest BCUT2D eigenvalue weighted by molar-refractivity contribution is 1.06. The van der Waals surface area contributed by atoms with Crippen LogP contribution in [-0.2, 0) is 0 Å². The molecule has 3 nitrogen and oxygen atoms in total. The maximum Gasteiger partial charge on any atom is 0.147 e. The summed E-state index contributed by atoms with van der Waals surface area (Å²) in [6.07, 6.45) is 1.57. The SMILES string of the molecule is CC(CCl)Sc1ncnc2scnc12. The first-order valence-electron chi connectivity index (χ1n) is 4.08. The van der Waals surface area contributed by atoms with Gasteiger partial charge in [0.05, 0.1) is 5.51 Å². The normalized spacial score (nSPS) is 13.3. The maximum atomic E-state index is 5.74. The van der Waals surface area contributed by atoms with Gasteiger partial charge in [0.25, 0.3) is 0 Å². The van der Waals surface area contributed by atoms with E-state index in [1.165, 1.54) is 11.3 Å². The smallest absolute Gasteiger partial charge is 0.147 e. The minimum Gasteiger partial charge on any atom is -0.240 e. The molecule has 6 heteroatoms. The van der Waals surface area contributed by atoms with Gasteiger partial charge < -0.3 is 0 Å². The Morgan fingerprint density at radius 1 is 1.50 bits per heavy atom. The molecule has 2 aromatic heterocycles. The number of halogens is 1. The molecule has 0 aromatic carbocycles. The Morgan fingerprint density at radius 3 is 3.14 bits per heavy atom. The van der Waals surface area contributed by atoms with E-state index in [9.17, 15) is 0 Å². The molecule has 0 aliphatic heterocycles. The highest BCUT2D eigenvalue weighted by Gasteiger charge is 2.10. The molecule has 1 atom stereocenters. The Kier molecular flexibility index (Phi) is 3.20. The monoisotopic (exact) mass is 245 g/mol. The molecule has 14 heavy (non-hydrogen) atoms. The third kappa shape index (κ3) is 1.99. The van der Waals surface area contributed by atoms with Gasteiger partial charge in [0.2, 0.25) is 0 Å². The number of alkyl halides is 1. The van der Waals surface area contributed by atoms with Crippen LogP contribution in [0.2, 0.25) is 0 Å². The molecule has 0 N–H and O–H groups in total. The van der Waals surface area contributed by atoms with Crippen molar-refractivity contribution in [1.82, 2.24) is 15.0 Å². The second-order valence-electron chi connectivity index (χ2n) is 2.77. The van der Waals surface area contributed by atoms with E-state index >= 15 is 0 Å². The third-order valence-corrected chi connectivity index (χ3v) is 4.10.